The molecular formula is C14H15ClN2O4S. The van der Waals surface area contributed by atoms with Crippen molar-refractivity contribution in [3.8, 4) is 0 Å². The molecule has 1 N–H and O–H groups in total. The summed E-state index contributed by atoms with van der Waals surface area (Å²) in [6.07, 6.45) is 0. The van der Waals surface area contributed by atoms with Crippen LogP contribution in [-0.4, -0.2) is 24.7 Å². The van der Waals surface area contributed by atoms with E-state index in [1.807, 2.05) is 0 Å². The number of carbonyl (C=O) groups is 1. The van der Waals surface area contributed by atoms with E-state index in [0.717, 1.165) is 0 Å². The normalized spacial score (nSPS) is 12.9. The maximum atomic E-state index is 12.3. The molecule has 0 bridgehead atoms. The Morgan fingerprint density at radius 3 is 2.55 bits per heavy atom. The standard InChI is InChI=1S/C14H15ClN2O4S/c1-9-7-13(17-21-9)16-14(18)10(2)22(19,20)8-11-3-5-12(15)6-4-11/h3-7,10H,8H2,1-2H3,(H,16,17,18)/t10-/m0/s1. The number of nitrogens with zero attached hydrogens (tertiary/aromatic N) is 1. The predicted octanol–water partition coefficient (Wildman–Crippen LogP) is 2.58. The van der Waals surface area contributed by atoms with Crippen molar-refractivity contribution in [3.63, 3.8) is 0 Å². The van der Waals surface area contributed by atoms with Gasteiger partial charge in [-0.3, -0.25) is 4.79 Å². The Labute approximate surface area is 133 Å². The van der Waals surface area contributed by atoms with E-state index in [1.165, 1.54) is 13.0 Å². The first kappa shape index (κ1) is 16.5. The third-order valence-electron chi connectivity index (χ3n) is 3.07. The van der Waals surface area contributed by atoms with Crippen LogP contribution in [0.25, 0.3) is 0 Å². The topological polar surface area (TPSA) is 89.3 Å². The van der Waals surface area contributed by atoms with Crippen molar-refractivity contribution in [2.24, 2.45) is 0 Å². The van der Waals surface area contributed by atoms with Gasteiger partial charge in [-0.1, -0.05) is 28.9 Å². The van der Waals surface area contributed by atoms with Gasteiger partial charge in [0.15, 0.2) is 15.7 Å². The third-order valence-corrected chi connectivity index (χ3v) is 5.35. The van der Waals surface area contributed by atoms with Gasteiger partial charge >= 0.3 is 0 Å². The van der Waals surface area contributed by atoms with Crippen LogP contribution in [0.4, 0.5) is 5.82 Å². The van der Waals surface area contributed by atoms with Gasteiger partial charge < -0.3 is 9.84 Å². The van der Waals surface area contributed by atoms with Crippen LogP contribution in [0.3, 0.4) is 0 Å². The number of amides is 1. The Kier molecular flexibility index (Phi) is 4.87. The van der Waals surface area contributed by atoms with E-state index < -0.39 is 21.0 Å². The van der Waals surface area contributed by atoms with Crippen LogP contribution >= 0.6 is 11.6 Å². The van der Waals surface area contributed by atoms with Crippen molar-refractivity contribution in [2.75, 3.05) is 5.32 Å². The number of aryl methyl sites for hydroxylation is 1. The summed E-state index contributed by atoms with van der Waals surface area (Å²) in [4.78, 5) is 12.0. The van der Waals surface area contributed by atoms with Gasteiger partial charge in [-0.05, 0) is 31.5 Å². The highest BCUT2D eigenvalue weighted by atomic mass is 35.5. The zero-order valence-corrected chi connectivity index (χ0v) is 13.6. The Balaban J connectivity index is 2.07. The zero-order chi connectivity index (χ0) is 16.3. The molecule has 0 fully saturated rings. The summed E-state index contributed by atoms with van der Waals surface area (Å²) < 4.78 is 29.4. The monoisotopic (exact) mass is 342 g/mol. The van der Waals surface area contributed by atoms with Crippen LogP contribution in [0.2, 0.25) is 5.02 Å². The highest BCUT2D eigenvalue weighted by molar-refractivity contribution is 7.92. The number of aromatic nitrogens is 1. The first-order valence-electron chi connectivity index (χ1n) is 6.48. The minimum atomic E-state index is -3.65. The second-order valence-corrected chi connectivity index (χ2v) is 7.65. The highest BCUT2D eigenvalue weighted by Crippen LogP contribution is 2.16. The number of rotatable bonds is 5. The molecule has 0 saturated carbocycles. The number of nitrogens with one attached hydrogen (secondary N) is 1. The van der Waals surface area contributed by atoms with Crippen molar-refractivity contribution >= 4 is 33.2 Å². The Hall–Kier alpha value is -1.86. The van der Waals surface area contributed by atoms with Gasteiger partial charge in [-0.15, -0.1) is 0 Å². The molecule has 1 amide bonds. The molecule has 0 saturated heterocycles. The Morgan fingerprint density at radius 1 is 1.36 bits per heavy atom. The molecule has 6 nitrogen and oxygen atoms in total. The Morgan fingerprint density at radius 2 is 2.00 bits per heavy atom. The third kappa shape index (κ3) is 4.08. The van der Waals surface area contributed by atoms with E-state index in [0.29, 0.717) is 16.3 Å². The van der Waals surface area contributed by atoms with Crippen LogP contribution in [0.15, 0.2) is 34.9 Å². The van der Waals surface area contributed by atoms with Crippen molar-refractivity contribution in [1.29, 1.82) is 0 Å². The largest absolute Gasteiger partial charge is 0.360 e. The smallest absolute Gasteiger partial charge is 0.243 e. The predicted molar refractivity (Wildman–Crippen MR) is 83.4 cm³/mol. The number of halogens is 1. The molecule has 0 aliphatic carbocycles. The minimum Gasteiger partial charge on any atom is -0.360 e. The molecule has 0 unspecified atom stereocenters. The number of hydrogen-bond donors (Lipinski definition) is 1. The summed E-state index contributed by atoms with van der Waals surface area (Å²) in [6, 6.07) is 7.96. The zero-order valence-electron chi connectivity index (χ0n) is 12.0. The molecule has 1 heterocycles. The van der Waals surface area contributed by atoms with Gasteiger partial charge in [-0.25, -0.2) is 8.42 Å². The maximum Gasteiger partial charge on any atom is 0.243 e. The lowest BCUT2D eigenvalue weighted by Crippen LogP contribution is -2.33. The van der Waals surface area contributed by atoms with Gasteiger partial charge in [-0.2, -0.15) is 0 Å². The average molecular weight is 343 g/mol. The van der Waals surface area contributed by atoms with Crippen LogP contribution < -0.4 is 5.32 Å². The fourth-order valence-electron chi connectivity index (χ4n) is 1.75. The molecule has 118 valence electrons. The minimum absolute atomic E-state index is 0.191. The summed E-state index contributed by atoms with van der Waals surface area (Å²) in [5.41, 5.74) is 0.571. The van der Waals surface area contributed by atoms with Crippen LogP contribution in [0.1, 0.15) is 18.2 Å². The first-order chi connectivity index (χ1) is 10.3. The summed E-state index contributed by atoms with van der Waals surface area (Å²) in [6.45, 7) is 3.01. The lowest BCUT2D eigenvalue weighted by molar-refractivity contribution is -0.115. The van der Waals surface area contributed by atoms with E-state index in [-0.39, 0.29) is 11.6 Å². The molecule has 0 radical (unpaired) electrons. The SMILES string of the molecule is Cc1cc(NC(=O)[C@H](C)S(=O)(=O)Cc2ccc(Cl)cc2)no1. The van der Waals surface area contributed by atoms with E-state index in [9.17, 15) is 13.2 Å². The van der Waals surface area contributed by atoms with Gasteiger partial charge in [0.05, 0.1) is 5.75 Å². The van der Waals surface area contributed by atoms with Crippen molar-refractivity contribution in [2.45, 2.75) is 24.9 Å². The molecule has 1 aromatic carbocycles. The second-order valence-electron chi connectivity index (χ2n) is 4.89. The number of sulfone groups is 1. The molecule has 8 heteroatoms. The molecule has 0 aliphatic heterocycles. The number of carbonyl (C=O) groups excluding carboxylic acids is 1. The summed E-state index contributed by atoms with van der Waals surface area (Å²) in [5, 5.41) is 5.33. The molecule has 0 spiro atoms. The van der Waals surface area contributed by atoms with Gasteiger partial charge in [0.2, 0.25) is 5.91 Å². The lowest BCUT2D eigenvalue weighted by Gasteiger charge is -2.12. The molecule has 22 heavy (non-hydrogen) atoms. The van der Waals surface area contributed by atoms with Crippen LogP contribution in [0.5, 0.6) is 0 Å². The number of hydrogen-bond acceptors (Lipinski definition) is 5. The second kappa shape index (κ2) is 6.50. The number of anilines is 1. The van der Waals surface area contributed by atoms with Crippen LogP contribution in [-0.2, 0) is 20.4 Å². The van der Waals surface area contributed by atoms with E-state index in [4.69, 9.17) is 16.1 Å². The van der Waals surface area contributed by atoms with E-state index >= 15 is 0 Å². The molecular weight excluding hydrogens is 328 g/mol. The summed E-state index contributed by atoms with van der Waals surface area (Å²) in [5.74, 6) is -0.179. The van der Waals surface area contributed by atoms with Crippen molar-refractivity contribution in [1.82, 2.24) is 5.16 Å². The fraction of sp³-hybridized carbons (Fsp3) is 0.286. The van der Waals surface area contributed by atoms with Gasteiger partial charge in [0.1, 0.15) is 11.0 Å². The number of benzene rings is 1. The molecule has 2 rings (SSSR count). The summed E-state index contributed by atoms with van der Waals surface area (Å²) >= 11 is 5.76. The maximum absolute atomic E-state index is 12.3. The van der Waals surface area contributed by atoms with E-state index in [2.05, 4.69) is 10.5 Å². The van der Waals surface area contributed by atoms with Crippen LogP contribution in [0, 0.1) is 6.92 Å². The fourth-order valence-corrected chi connectivity index (χ4v) is 3.17. The molecule has 2 aromatic rings. The van der Waals surface area contributed by atoms with Gasteiger partial charge in [0.25, 0.3) is 0 Å². The summed E-state index contributed by atoms with van der Waals surface area (Å²) in [7, 11) is -3.65. The molecule has 1 atom stereocenters. The Bertz CT molecular complexity index is 768. The molecule has 0 aliphatic rings. The quantitative estimate of drug-likeness (QED) is 0.902. The average Bonchev–Trinajstić information content (AvgIpc) is 2.85. The van der Waals surface area contributed by atoms with Gasteiger partial charge in [0, 0.05) is 11.1 Å². The van der Waals surface area contributed by atoms with Crippen molar-refractivity contribution in [3.05, 3.63) is 46.7 Å². The van der Waals surface area contributed by atoms with Crippen molar-refractivity contribution < 1.29 is 17.7 Å². The first-order valence-corrected chi connectivity index (χ1v) is 8.57. The van der Waals surface area contributed by atoms with E-state index in [1.54, 1.807) is 31.2 Å². The highest BCUT2D eigenvalue weighted by Gasteiger charge is 2.28. The lowest BCUT2D eigenvalue weighted by atomic mass is 10.2. The molecule has 1 aromatic heterocycles.